The number of nitrogens with two attached hydrogens (primary N) is 1. The Morgan fingerprint density at radius 1 is 1.31 bits per heavy atom. The van der Waals surface area contributed by atoms with Gasteiger partial charge in [-0.2, -0.15) is 0 Å². The van der Waals surface area contributed by atoms with Gasteiger partial charge < -0.3 is 5.32 Å². The first kappa shape index (κ1) is 10.0. The van der Waals surface area contributed by atoms with Crippen LogP contribution in [0, 0.1) is 6.92 Å². The monoisotopic (exact) mass is 200 g/mol. The van der Waals surface area contributed by atoms with E-state index in [0.29, 0.717) is 0 Å². The van der Waals surface area contributed by atoms with Gasteiger partial charge in [0.2, 0.25) is 10.0 Å². The zero-order valence-corrected chi connectivity index (χ0v) is 8.14. The van der Waals surface area contributed by atoms with E-state index in [1.54, 1.807) is 12.1 Å². The summed E-state index contributed by atoms with van der Waals surface area (Å²) >= 11 is 0. The van der Waals surface area contributed by atoms with Crippen LogP contribution < -0.4 is 10.5 Å². The Morgan fingerprint density at radius 3 is 2.31 bits per heavy atom. The average Bonchev–Trinajstić information content (AvgIpc) is 2.02. The second-order valence-corrected chi connectivity index (χ2v) is 4.46. The summed E-state index contributed by atoms with van der Waals surface area (Å²) in [6, 6.07) is 7.40. The number of benzene rings is 1. The van der Waals surface area contributed by atoms with Gasteiger partial charge >= 0.3 is 0 Å². The van der Waals surface area contributed by atoms with Crippen LogP contribution in [0.25, 0.3) is 0 Å². The molecule has 0 unspecified atom stereocenters. The fraction of sp³-hybridized carbons (Fsp3) is 0.250. The number of sulfonamides is 1. The summed E-state index contributed by atoms with van der Waals surface area (Å²) in [4.78, 5) is 0. The van der Waals surface area contributed by atoms with E-state index in [-0.39, 0.29) is 5.88 Å². The lowest BCUT2D eigenvalue weighted by Gasteiger charge is -2.04. The van der Waals surface area contributed by atoms with Gasteiger partial charge in [0.15, 0.2) is 0 Å². The molecule has 0 atom stereocenters. The van der Waals surface area contributed by atoms with E-state index in [4.69, 9.17) is 5.14 Å². The maximum Gasteiger partial charge on any atom is 0.227 e. The summed E-state index contributed by atoms with van der Waals surface area (Å²) in [5.74, 6) is -0.240. The quantitative estimate of drug-likeness (QED) is 0.752. The number of nitrogens with one attached hydrogen (secondary N) is 1. The predicted molar refractivity (Wildman–Crippen MR) is 52.8 cm³/mol. The van der Waals surface area contributed by atoms with E-state index < -0.39 is 10.0 Å². The minimum atomic E-state index is -3.44. The third-order valence-corrected chi connectivity index (χ3v) is 2.08. The maximum atomic E-state index is 10.6. The van der Waals surface area contributed by atoms with Gasteiger partial charge in [0.05, 0.1) is 0 Å². The molecule has 0 radical (unpaired) electrons. The predicted octanol–water partition coefficient (Wildman–Crippen LogP) is 0.653. The molecule has 0 aliphatic heterocycles. The van der Waals surface area contributed by atoms with E-state index in [2.05, 4.69) is 5.32 Å². The minimum Gasteiger partial charge on any atom is -0.370 e. The van der Waals surface area contributed by atoms with Crippen molar-refractivity contribution >= 4 is 15.7 Å². The number of hydrogen-bond acceptors (Lipinski definition) is 3. The van der Waals surface area contributed by atoms with Gasteiger partial charge in [-0.3, -0.25) is 0 Å². The smallest absolute Gasteiger partial charge is 0.227 e. The lowest BCUT2D eigenvalue weighted by Crippen LogP contribution is -2.22. The molecule has 0 amide bonds. The molecule has 13 heavy (non-hydrogen) atoms. The van der Waals surface area contributed by atoms with E-state index in [0.717, 1.165) is 11.3 Å². The summed E-state index contributed by atoms with van der Waals surface area (Å²) in [5.41, 5.74) is 1.88. The Morgan fingerprint density at radius 2 is 1.85 bits per heavy atom. The fourth-order valence-corrected chi connectivity index (χ4v) is 1.22. The van der Waals surface area contributed by atoms with Gasteiger partial charge in [-0.1, -0.05) is 17.7 Å². The Balaban J connectivity index is 2.61. The van der Waals surface area contributed by atoms with Crippen molar-refractivity contribution in [2.24, 2.45) is 5.14 Å². The normalized spacial score (nSPS) is 11.2. The average molecular weight is 200 g/mol. The van der Waals surface area contributed by atoms with Crippen molar-refractivity contribution in [1.29, 1.82) is 0 Å². The van der Waals surface area contributed by atoms with Crippen LogP contribution in [0.5, 0.6) is 0 Å². The number of aryl methyl sites for hydroxylation is 1. The third kappa shape index (κ3) is 3.91. The molecule has 72 valence electrons. The highest BCUT2D eigenvalue weighted by molar-refractivity contribution is 7.89. The summed E-state index contributed by atoms with van der Waals surface area (Å²) in [6.45, 7) is 1.96. The molecule has 0 heterocycles. The highest BCUT2D eigenvalue weighted by atomic mass is 32.2. The number of anilines is 1. The number of rotatable bonds is 3. The molecule has 1 rings (SSSR count). The highest BCUT2D eigenvalue weighted by Crippen LogP contribution is 2.07. The third-order valence-electron chi connectivity index (χ3n) is 1.53. The van der Waals surface area contributed by atoms with Crippen LogP contribution in [0.1, 0.15) is 5.56 Å². The molecule has 0 bridgehead atoms. The molecule has 0 aromatic heterocycles. The number of hydrogen-bond donors (Lipinski definition) is 2. The Bertz CT molecular complexity index is 370. The van der Waals surface area contributed by atoms with Crippen LogP contribution >= 0.6 is 0 Å². The summed E-state index contributed by atoms with van der Waals surface area (Å²) in [5, 5.41) is 7.52. The molecule has 4 nitrogen and oxygen atoms in total. The molecule has 0 fully saturated rings. The van der Waals surface area contributed by atoms with Crippen LogP contribution in [-0.2, 0) is 10.0 Å². The Kier molecular flexibility index (Phi) is 2.90. The van der Waals surface area contributed by atoms with Gasteiger partial charge in [-0.05, 0) is 19.1 Å². The lowest BCUT2D eigenvalue weighted by molar-refractivity contribution is 0.599. The minimum absolute atomic E-state index is 0.240. The van der Waals surface area contributed by atoms with Gasteiger partial charge in [0.1, 0.15) is 5.88 Å². The van der Waals surface area contributed by atoms with Gasteiger partial charge in [-0.25, -0.2) is 13.6 Å². The molecular formula is C8H12N2O2S. The second-order valence-electron chi connectivity index (χ2n) is 2.85. The molecule has 0 spiro atoms. The highest BCUT2D eigenvalue weighted by Gasteiger charge is 2.00. The van der Waals surface area contributed by atoms with Crippen LogP contribution in [-0.4, -0.2) is 14.3 Å². The van der Waals surface area contributed by atoms with Crippen LogP contribution in [0.3, 0.4) is 0 Å². The van der Waals surface area contributed by atoms with E-state index >= 15 is 0 Å². The van der Waals surface area contributed by atoms with Crippen molar-refractivity contribution in [3.05, 3.63) is 29.8 Å². The molecular weight excluding hydrogens is 188 g/mol. The molecule has 5 heteroatoms. The molecule has 1 aromatic carbocycles. The first-order chi connectivity index (χ1) is 5.97. The van der Waals surface area contributed by atoms with Crippen LogP contribution in [0.4, 0.5) is 5.69 Å². The van der Waals surface area contributed by atoms with Gasteiger partial charge in [0, 0.05) is 5.69 Å². The summed E-state index contributed by atoms with van der Waals surface area (Å²) < 4.78 is 21.2. The van der Waals surface area contributed by atoms with Gasteiger partial charge in [-0.15, -0.1) is 0 Å². The maximum absolute atomic E-state index is 10.6. The van der Waals surface area contributed by atoms with Crippen molar-refractivity contribution in [2.45, 2.75) is 6.92 Å². The second kappa shape index (κ2) is 3.76. The largest absolute Gasteiger partial charge is 0.370 e. The topological polar surface area (TPSA) is 72.2 Å². The fourth-order valence-electron chi connectivity index (χ4n) is 0.855. The van der Waals surface area contributed by atoms with Crippen molar-refractivity contribution in [2.75, 3.05) is 11.2 Å². The summed E-state index contributed by atoms with van der Waals surface area (Å²) in [7, 11) is -3.44. The number of primary sulfonamides is 1. The molecule has 0 saturated carbocycles. The van der Waals surface area contributed by atoms with Crippen molar-refractivity contribution < 1.29 is 8.42 Å². The molecule has 3 N–H and O–H groups in total. The molecule has 0 aliphatic rings. The first-order valence-corrected chi connectivity index (χ1v) is 5.50. The SMILES string of the molecule is Cc1ccc(NCS(N)(=O)=O)cc1. The summed E-state index contributed by atoms with van der Waals surface area (Å²) in [6.07, 6.45) is 0. The van der Waals surface area contributed by atoms with E-state index in [9.17, 15) is 8.42 Å². The molecule has 1 aromatic rings. The molecule has 0 saturated heterocycles. The van der Waals surface area contributed by atoms with Crippen molar-refractivity contribution in [3.8, 4) is 0 Å². The Labute approximate surface area is 77.8 Å². The van der Waals surface area contributed by atoms with Crippen molar-refractivity contribution in [3.63, 3.8) is 0 Å². The van der Waals surface area contributed by atoms with Crippen LogP contribution in [0.15, 0.2) is 24.3 Å². The van der Waals surface area contributed by atoms with E-state index in [1.165, 1.54) is 0 Å². The zero-order valence-electron chi connectivity index (χ0n) is 7.32. The standard InChI is InChI=1S/C8H12N2O2S/c1-7-2-4-8(5-3-7)10-6-13(9,11)12/h2-5,10H,6H2,1H3,(H2,9,11,12). The lowest BCUT2D eigenvalue weighted by atomic mass is 10.2. The van der Waals surface area contributed by atoms with Crippen molar-refractivity contribution in [1.82, 2.24) is 0 Å². The first-order valence-electron chi connectivity index (χ1n) is 3.78. The zero-order chi connectivity index (χ0) is 9.90. The van der Waals surface area contributed by atoms with E-state index in [1.807, 2.05) is 19.1 Å². The molecule has 0 aliphatic carbocycles. The Hall–Kier alpha value is -1.07. The van der Waals surface area contributed by atoms with Crippen LogP contribution in [0.2, 0.25) is 0 Å². The van der Waals surface area contributed by atoms with Gasteiger partial charge in [0.25, 0.3) is 0 Å².